The van der Waals surface area contributed by atoms with Crippen LogP contribution >= 0.6 is 0 Å². The fourth-order valence-electron chi connectivity index (χ4n) is 4.33. The zero-order valence-corrected chi connectivity index (χ0v) is 20.6. The van der Waals surface area contributed by atoms with E-state index in [1.807, 2.05) is 19.1 Å². The Balaban J connectivity index is 1.52. The SMILES string of the molecule is Cc1cc(-c2cc(C)c(OCc3ncn[nH]3)c(F)c2)c2c(c1)n(CC(=O)Nc1cc(C)on1)c(=O)n2C. The van der Waals surface area contributed by atoms with Gasteiger partial charge in [0.1, 0.15) is 25.2 Å². The smallest absolute Gasteiger partial charge is 0.329 e. The molecule has 2 aromatic carbocycles. The van der Waals surface area contributed by atoms with E-state index in [1.54, 1.807) is 33.0 Å². The van der Waals surface area contributed by atoms with Crippen LogP contribution in [0.5, 0.6) is 5.75 Å². The number of aromatic nitrogens is 6. The highest BCUT2D eigenvalue weighted by Crippen LogP contribution is 2.34. The van der Waals surface area contributed by atoms with Gasteiger partial charge in [-0.3, -0.25) is 19.0 Å². The molecule has 0 saturated heterocycles. The number of H-pyrrole nitrogens is 1. The van der Waals surface area contributed by atoms with Crippen molar-refractivity contribution < 1.29 is 18.4 Å². The van der Waals surface area contributed by atoms with Crippen LogP contribution in [0.3, 0.4) is 0 Å². The highest BCUT2D eigenvalue weighted by atomic mass is 19.1. The first-order valence-electron chi connectivity index (χ1n) is 11.4. The molecule has 0 aliphatic carbocycles. The minimum atomic E-state index is -0.545. The number of hydrogen-bond acceptors (Lipinski definition) is 7. The van der Waals surface area contributed by atoms with E-state index in [1.165, 1.54) is 21.5 Å². The molecule has 12 heteroatoms. The van der Waals surface area contributed by atoms with Crippen LogP contribution in [0, 0.1) is 26.6 Å². The first-order chi connectivity index (χ1) is 17.7. The number of carbonyl (C=O) groups excluding carboxylic acids is 1. The normalized spacial score (nSPS) is 11.3. The van der Waals surface area contributed by atoms with Crippen molar-refractivity contribution in [3.8, 4) is 16.9 Å². The Morgan fingerprint density at radius 1 is 1.19 bits per heavy atom. The van der Waals surface area contributed by atoms with E-state index in [2.05, 4.69) is 25.7 Å². The molecule has 0 bridgehead atoms. The Hall–Kier alpha value is -4.74. The second kappa shape index (κ2) is 9.37. The summed E-state index contributed by atoms with van der Waals surface area (Å²) in [5, 5.41) is 12.8. The second-order valence-corrected chi connectivity index (χ2v) is 8.80. The second-order valence-electron chi connectivity index (χ2n) is 8.80. The van der Waals surface area contributed by atoms with E-state index in [-0.39, 0.29) is 30.4 Å². The number of rotatable bonds is 7. The van der Waals surface area contributed by atoms with Crippen molar-refractivity contribution in [2.75, 3.05) is 5.32 Å². The van der Waals surface area contributed by atoms with Gasteiger partial charge in [0.2, 0.25) is 5.91 Å². The molecule has 0 atom stereocenters. The molecule has 0 fully saturated rings. The predicted octanol–water partition coefficient (Wildman–Crippen LogP) is 3.40. The monoisotopic (exact) mass is 505 g/mol. The van der Waals surface area contributed by atoms with E-state index < -0.39 is 11.7 Å². The van der Waals surface area contributed by atoms with Crippen molar-refractivity contribution in [1.29, 1.82) is 0 Å². The Morgan fingerprint density at radius 2 is 2.00 bits per heavy atom. The summed E-state index contributed by atoms with van der Waals surface area (Å²) in [5.41, 5.74) is 3.41. The lowest BCUT2D eigenvalue weighted by molar-refractivity contribution is -0.116. The van der Waals surface area contributed by atoms with Gasteiger partial charge in [-0.15, -0.1) is 0 Å². The summed E-state index contributed by atoms with van der Waals surface area (Å²) in [4.78, 5) is 29.8. The number of aryl methyl sites for hydroxylation is 4. The summed E-state index contributed by atoms with van der Waals surface area (Å²) in [6, 6.07) is 8.47. The summed E-state index contributed by atoms with van der Waals surface area (Å²) in [6.07, 6.45) is 1.35. The van der Waals surface area contributed by atoms with Gasteiger partial charge in [0, 0.05) is 18.7 Å². The summed E-state index contributed by atoms with van der Waals surface area (Å²) in [5.74, 6) is 0.425. The highest BCUT2D eigenvalue weighted by Gasteiger charge is 2.20. The minimum absolute atomic E-state index is 0.0408. The number of nitrogens with zero attached hydrogens (tertiary/aromatic N) is 5. The lowest BCUT2D eigenvalue weighted by atomic mass is 9.99. The molecule has 11 nitrogen and oxygen atoms in total. The standard InChI is InChI=1S/C25H24FN7O4/c1-13-5-17(16-7-14(2)24(18(26)9-16)36-11-21-27-12-28-30-21)23-19(6-13)33(25(35)32(23)4)10-22(34)29-20-8-15(3)37-31-20/h5-9,12H,10-11H2,1-4H3,(H,27,28,30)(H,29,31,34). The van der Waals surface area contributed by atoms with E-state index >= 15 is 4.39 Å². The van der Waals surface area contributed by atoms with Crippen LogP contribution in [-0.4, -0.2) is 35.4 Å². The summed E-state index contributed by atoms with van der Waals surface area (Å²) in [7, 11) is 1.62. The molecule has 190 valence electrons. The Labute approximate surface area is 209 Å². The van der Waals surface area contributed by atoms with Crippen LogP contribution < -0.4 is 15.7 Å². The maximum atomic E-state index is 15.2. The molecular weight excluding hydrogens is 481 g/mol. The molecule has 2 N–H and O–H groups in total. The molecule has 0 spiro atoms. The first-order valence-corrected chi connectivity index (χ1v) is 11.4. The molecule has 0 saturated carbocycles. The van der Waals surface area contributed by atoms with Gasteiger partial charge in [0.15, 0.2) is 23.2 Å². The number of anilines is 1. The maximum absolute atomic E-state index is 15.2. The molecule has 0 aliphatic rings. The number of nitrogens with one attached hydrogen (secondary N) is 2. The first kappa shape index (κ1) is 24.0. The number of ether oxygens (including phenoxy) is 1. The van der Waals surface area contributed by atoms with Crippen molar-refractivity contribution in [2.45, 2.75) is 33.9 Å². The van der Waals surface area contributed by atoms with E-state index in [0.29, 0.717) is 39.3 Å². The van der Waals surface area contributed by atoms with Crippen LogP contribution in [0.2, 0.25) is 0 Å². The van der Waals surface area contributed by atoms with Crippen molar-refractivity contribution in [3.63, 3.8) is 0 Å². The molecule has 0 unspecified atom stereocenters. The lowest BCUT2D eigenvalue weighted by Gasteiger charge is -2.13. The van der Waals surface area contributed by atoms with Crippen molar-refractivity contribution in [3.05, 3.63) is 75.7 Å². The molecular formula is C25H24FN7O4. The maximum Gasteiger partial charge on any atom is 0.329 e. The number of benzene rings is 2. The molecule has 3 aromatic heterocycles. The quantitative estimate of drug-likeness (QED) is 0.346. The minimum Gasteiger partial charge on any atom is -0.482 e. The fourth-order valence-corrected chi connectivity index (χ4v) is 4.33. The third kappa shape index (κ3) is 4.60. The van der Waals surface area contributed by atoms with Gasteiger partial charge in [0.05, 0.1) is 11.0 Å². The largest absolute Gasteiger partial charge is 0.482 e. The number of aromatic amines is 1. The Bertz CT molecular complexity index is 1660. The van der Waals surface area contributed by atoms with Crippen molar-refractivity contribution in [1.82, 2.24) is 29.5 Å². The van der Waals surface area contributed by atoms with E-state index in [4.69, 9.17) is 9.26 Å². The van der Waals surface area contributed by atoms with Gasteiger partial charge < -0.3 is 14.6 Å². The number of imidazole rings is 1. The summed E-state index contributed by atoms with van der Waals surface area (Å²) in [6.45, 7) is 5.14. The van der Waals surface area contributed by atoms with E-state index in [0.717, 1.165) is 5.56 Å². The van der Waals surface area contributed by atoms with Crippen LogP contribution in [0.15, 0.2) is 46.0 Å². The molecule has 5 rings (SSSR count). The molecule has 5 aromatic rings. The topological polar surface area (TPSA) is 133 Å². The average Bonchev–Trinajstić information content (AvgIpc) is 3.56. The van der Waals surface area contributed by atoms with Crippen molar-refractivity contribution >= 4 is 22.8 Å². The van der Waals surface area contributed by atoms with Gasteiger partial charge in [-0.05, 0) is 61.7 Å². The van der Waals surface area contributed by atoms with Crippen LogP contribution in [0.1, 0.15) is 22.7 Å². The van der Waals surface area contributed by atoms with Gasteiger partial charge >= 0.3 is 5.69 Å². The fraction of sp³-hybridized carbons (Fsp3) is 0.240. The number of halogens is 1. The van der Waals surface area contributed by atoms with Gasteiger partial charge in [-0.1, -0.05) is 5.16 Å². The summed E-state index contributed by atoms with van der Waals surface area (Å²) < 4.78 is 28.6. The van der Waals surface area contributed by atoms with Crippen LogP contribution in [0.25, 0.3) is 22.2 Å². The molecule has 0 radical (unpaired) electrons. The molecule has 37 heavy (non-hydrogen) atoms. The van der Waals surface area contributed by atoms with E-state index in [9.17, 15) is 9.59 Å². The number of carbonyl (C=O) groups is 1. The molecule has 1 amide bonds. The summed E-state index contributed by atoms with van der Waals surface area (Å²) >= 11 is 0. The Morgan fingerprint density at radius 3 is 2.68 bits per heavy atom. The predicted molar refractivity (Wildman–Crippen MR) is 133 cm³/mol. The molecule has 0 aliphatic heterocycles. The lowest BCUT2D eigenvalue weighted by Crippen LogP contribution is -2.28. The number of hydrogen-bond donors (Lipinski definition) is 2. The molecule has 3 heterocycles. The van der Waals surface area contributed by atoms with Crippen LogP contribution in [0.4, 0.5) is 10.2 Å². The average molecular weight is 506 g/mol. The van der Waals surface area contributed by atoms with Crippen LogP contribution in [-0.2, 0) is 25.0 Å². The zero-order chi connectivity index (χ0) is 26.3. The Kier molecular flexibility index (Phi) is 6.07. The van der Waals surface area contributed by atoms with Gasteiger partial charge in [-0.25, -0.2) is 14.2 Å². The number of amides is 1. The highest BCUT2D eigenvalue weighted by molar-refractivity contribution is 5.95. The number of fused-ring (bicyclic) bond motifs is 1. The van der Waals surface area contributed by atoms with Crippen molar-refractivity contribution in [2.24, 2.45) is 7.05 Å². The van der Waals surface area contributed by atoms with Gasteiger partial charge in [-0.2, -0.15) is 5.10 Å². The third-order valence-corrected chi connectivity index (χ3v) is 5.93. The van der Waals surface area contributed by atoms with Gasteiger partial charge in [0.25, 0.3) is 0 Å². The third-order valence-electron chi connectivity index (χ3n) is 5.93. The zero-order valence-electron chi connectivity index (χ0n) is 20.6.